The fourth-order valence-electron chi connectivity index (χ4n) is 4.83. The minimum absolute atomic E-state index is 0.0774. The van der Waals surface area contributed by atoms with Crippen molar-refractivity contribution in [2.24, 2.45) is 7.05 Å². The van der Waals surface area contributed by atoms with Crippen molar-refractivity contribution in [2.45, 2.75) is 43.7 Å². The van der Waals surface area contributed by atoms with Gasteiger partial charge in [-0.25, -0.2) is 28.3 Å². The third-order valence-corrected chi connectivity index (χ3v) is 6.60. The minimum Gasteiger partial charge on any atom is -0.453 e. The summed E-state index contributed by atoms with van der Waals surface area (Å²) in [5.41, 5.74) is 1.21. The fourth-order valence-corrected chi connectivity index (χ4v) is 4.83. The second kappa shape index (κ2) is 8.78. The summed E-state index contributed by atoms with van der Waals surface area (Å²) in [6, 6.07) is 3.23. The molecule has 13 heteroatoms. The van der Waals surface area contributed by atoms with Gasteiger partial charge in [-0.15, -0.1) is 0 Å². The van der Waals surface area contributed by atoms with E-state index in [0.717, 1.165) is 12.8 Å². The maximum absolute atomic E-state index is 13.6. The summed E-state index contributed by atoms with van der Waals surface area (Å²) >= 11 is 0. The molecule has 0 bridgehead atoms. The van der Waals surface area contributed by atoms with Crippen molar-refractivity contribution in [3.8, 4) is 0 Å². The molecule has 2 fully saturated rings. The first-order valence-corrected chi connectivity index (χ1v) is 11.4. The van der Waals surface area contributed by atoms with Crippen molar-refractivity contribution in [1.82, 2.24) is 29.4 Å². The lowest BCUT2D eigenvalue weighted by atomic mass is 10.2. The lowest BCUT2D eigenvalue weighted by Gasteiger charge is -2.16. The molecule has 2 aliphatic rings. The summed E-state index contributed by atoms with van der Waals surface area (Å²) in [5, 5.41) is 5.90. The topological polar surface area (TPSA) is 119 Å². The molecule has 5 rings (SSSR count). The lowest BCUT2D eigenvalue weighted by molar-refractivity contribution is 0.0256. The molecule has 0 unspecified atom stereocenters. The Morgan fingerprint density at radius 3 is 2.80 bits per heavy atom. The first-order chi connectivity index (χ1) is 16.7. The zero-order chi connectivity index (χ0) is 24.7. The fraction of sp³-hybridized carbons (Fsp3) is 0.500. The molecule has 35 heavy (non-hydrogen) atoms. The van der Waals surface area contributed by atoms with Gasteiger partial charge < -0.3 is 20.3 Å². The van der Waals surface area contributed by atoms with Gasteiger partial charge in [0.25, 0.3) is 5.92 Å². The number of fused-ring (bicyclic) bond motifs is 1. The summed E-state index contributed by atoms with van der Waals surface area (Å²) < 4.78 is 35.2. The van der Waals surface area contributed by atoms with Gasteiger partial charge in [-0.05, 0) is 25.3 Å². The van der Waals surface area contributed by atoms with Gasteiger partial charge >= 0.3 is 11.8 Å². The Bertz CT molecular complexity index is 1320. The van der Waals surface area contributed by atoms with Crippen LogP contribution in [0.15, 0.2) is 29.3 Å². The SMILES string of the molecule is COC(=O)N[C@@H]1CC[C@@H](n2c(=O)n(C)c3cnc(Nc4ccnc(N5CCC(F)(F)C5)n4)cc32)C1. The Morgan fingerprint density at radius 1 is 1.23 bits per heavy atom. The Balaban J connectivity index is 1.40. The maximum Gasteiger partial charge on any atom is 0.407 e. The van der Waals surface area contributed by atoms with Crippen LogP contribution in [0.3, 0.4) is 0 Å². The molecule has 0 radical (unpaired) electrons. The third kappa shape index (κ3) is 4.49. The number of anilines is 3. The number of hydrogen-bond donors (Lipinski definition) is 2. The largest absolute Gasteiger partial charge is 0.453 e. The number of carbonyl (C=O) groups is 1. The molecule has 1 amide bonds. The van der Waals surface area contributed by atoms with E-state index in [0.29, 0.717) is 29.1 Å². The van der Waals surface area contributed by atoms with Crippen molar-refractivity contribution in [3.63, 3.8) is 0 Å². The van der Waals surface area contributed by atoms with Crippen LogP contribution in [-0.4, -0.2) is 62.3 Å². The maximum atomic E-state index is 13.6. The standard InChI is InChI=1S/C22H26F2N8O3/c1-30-16-11-26-18(28-17-5-7-25-19(29-17)31-8-6-22(23,24)12-31)10-15(16)32(21(30)34)14-4-3-13(9-14)27-20(33)35-2/h5,7,10-11,13-14H,3-4,6,8-9,12H2,1-2H3,(H,27,33)(H,25,26,28,29)/t13-,14-/m1/s1. The number of hydrogen-bond acceptors (Lipinski definition) is 8. The minimum atomic E-state index is -2.75. The molecule has 3 aromatic rings. The van der Waals surface area contributed by atoms with E-state index in [2.05, 4.69) is 30.3 Å². The molecular formula is C22H26F2N8O3. The molecule has 2 atom stereocenters. The van der Waals surface area contributed by atoms with Crippen molar-refractivity contribution in [1.29, 1.82) is 0 Å². The normalized spacial score (nSPS) is 21.4. The predicted octanol–water partition coefficient (Wildman–Crippen LogP) is 2.56. The number of nitrogens with one attached hydrogen (secondary N) is 2. The van der Waals surface area contributed by atoms with Crippen LogP contribution in [0.5, 0.6) is 0 Å². The Hall–Kier alpha value is -3.77. The number of halogens is 2. The lowest BCUT2D eigenvalue weighted by Crippen LogP contribution is -2.33. The van der Waals surface area contributed by atoms with E-state index in [4.69, 9.17) is 0 Å². The molecule has 1 saturated carbocycles. The van der Waals surface area contributed by atoms with E-state index in [1.807, 2.05) is 0 Å². The predicted molar refractivity (Wildman–Crippen MR) is 124 cm³/mol. The molecule has 1 aliphatic heterocycles. The molecule has 1 aliphatic carbocycles. The number of aromatic nitrogens is 5. The smallest absolute Gasteiger partial charge is 0.407 e. The van der Waals surface area contributed by atoms with Crippen molar-refractivity contribution in [3.05, 3.63) is 35.0 Å². The molecule has 11 nitrogen and oxygen atoms in total. The Morgan fingerprint density at radius 2 is 2.06 bits per heavy atom. The average Bonchev–Trinajstić information content (AvgIpc) is 3.50. The van der Waals surface area contributed by atoms with E-state index >= 15 is 0 Å². The highest BCUT2D eigenvalue weighted by Gasteiger charge is 2.39. The molecule has 2 N–H and O–H groups in total. The number of ether oxygens (including phenoxy) is 1. The van der Waals surface area contributed by atoms with Crippen LogP contribution in [0.4, 0.5) is 31.2 Å². The molecule has 4 heterocycles. The van der Waals surface area contributed by atoms with Crippen molar-refractivity contribution < 1.29 is 18.3 Å². The number of nitrogens with zero attached hydrogens (tertiary/aromatic N) is 6. The number of amides is 1. The number of carbonyl (C=O) groups excluding carboxylic acids is 1. The van der Waals surface area contributed by atoms with Crippen LogP contribution in [0, 0.1) is 0 Å². The van der Waals surface area contributed by atoms with Gasteiger partial charge in [0, 0.05) is 44.4 Å². The molecule has 0 aromatic carbocycles. The number of aryl methyl sites for hydroxylation is 1. The number of rotatable bonds is 5. The first kappa shape index (κ1) is 23.0. The van der Waals surface area contributed by atoms with Crippen molar-refractivity contribution in [2.75, 3.05) is 30.4 Å². The number of alkyl halides is 2. The zero-order valence-corrected chi connectivity index (χ0v) is 19.4. The van der Waals surface area contributed by atoms with Gasteiger partial charge in [0.15, 0.2) is 0 Å². The van der Waals surface area contributed by atoms with E-state index in [-0.39, 0.29) is 36.7 Å². The first-order valence-electron chi connectivity index (χ1n) is 11.4. The highest BCUT2D eigenvalue weighted by molar-refractivity contribution is 5.79. The van der Waals surface area contributed by atoms with E-state index in [1.54, 1.807) is 34.5 Å². The van der Waals surface area contributed by atoms with Gasteiger partial charge in [0.2, 0.25) is 5.95 Å². The zero-order valence-electron chi connectivity index (χ0n) is 19.4. The third-order valence-electron chi connectivity index (χ3n) is 6.60. The Kier molecular flexibility index (Phi) is 5.77. The van der Waals surface area contributed by atoms with Crippen molar-refractivity contribution >= 4 is 34.7 Å². The number of methoxy groups -OCH3 is 1. The van der Waals surface area contributed by atoms with Gasteiger partial charge in [0.1, 0.15) is 11.6 Å². The van der Waals surface area contributed by atoms with Crippen LogP contribution >= 0.6 is 0 Å². The van der Waals surface area contributed by atoms with E-state index in [1.165, 1.54) is 18.2 Å². The number of imidazole rings is 1. The van der Waals surface area contributed by atoms with Crippen LogP contribution < -0.4 is 21.2 Å². The molecule has 3 aromatic heterocycles. The quantitative estimate of drug-likeness (QED) is 0.563. The average molecular weight is 488 g/mol. The van der Waals surface area contributed by atoms with Crippen LogP contribution in [-0.2, 0) is 11.8 Å². The molecular weight excluding hydrogens is 462 g/mol. The second-order valence-corrected chi connectivity index (χ2v) is 8.96. The summed E-state index contributed by atoms with van der Waals surface area (Å²) in [7, 11) is 3.01. The van der Waals surface area contributed by atoms with Gasteiger partial charge in [0.05, 0.1) is 30.9 Å². The molecule has 0 spiro atoms. The second-order valence-electron chi connectivity index (χ2n) is 8.96. The van der Waals surface area contributed by atoms with E-state index < -0.39 is 18.6 Å². The number of pyridine rings is 1. The molecule has 1 saturated heterocycles. The van der Waals surface area contributed by atoms with E-state index in [9.17, 15) is 18.4 Å². The number of alkyl carbamates (subject to hydrolysis) is 1. The summed E-state index contributed by atoms with van der Waals surface area (Å²) in [5.74, 6) is -1.66. The Labute approximate surface area is 199 Å². The van der Waals surface area contributed by atoms with Gasteiger partial charge in [-0.3, -0.25) is 9.13 Å². The summed E-state index contributed by atoms with van der Waals surface area (Å²) in [6.45, 7) is -0.228. The van der Waals surface area contributed by atoms with Gasteiger partial charge in [-0.2, -0.15) is 4.98 Å². The van der Waals surface area contributed by atoms with Crippen LogP contribution in [0.2, 0.25) is 0 Å². The highest BCUT2D eigenvalue weighted by atomic mass is 19.3. The highest BCUT2D eigenvalue weighted by Crippen LogP contribution is 2.33. The summed E-state index contributed by atoms with van der Waals surface area (Å²) in [6.07, 6.45) is 4.47. The monoisotopic (exact) mass is 488 g/mol. The van der Waals surface area contributed by atoms with Crippen LogP contribution in [0.25, 0.3) is 11.0 Å². The van der Waals surface area contributed by atoms with Crippen LogP contribution in [0.1, 0.15) is 31.7 Å². The summed E-state index contributed by atoms with van der Waals surface area (Å²) in [4.78, 5) is 39.0. The molecule has 186 valence electrons. The van der Waals surface area contributed by atoms with Gasteiger partial charge in [-0.1, -0.05) is 0 Å².